The van der Waals surface area contributed by atoms with Gasteiger partial charge in [-0.2, -0.15) is 0 Å². The lowest BCUT2D eigenvalue weighted by atomic mass is 10.3. The van der Waals surface area contributed by atoms with E-state index in [0.717, 1.165) is 23.0 Å². The minimum atomic E-state index is -0.160. The maximum atomic E-state index is 11.8. The standard InChI is InChI=1S/C14H13BrN4O/c15-10-3-1-2-4-11(10)17-13-8-7-12(18-19-13)14(20)16-9-5-6-9/h1-4,7-9H,5-6H2,(H,16,20)(H,17,19). The molecule has 0 radical (unpaired) electrons. The summed E-state index contributed by atoms with van der Waals surface area (Å²) in [5.41, 5.74) is 1.24. The van der Waals surface area contributed by atoms with Gasteiger partial charge in [0.25, 0.3) is 5.91 Å². The van der Waals surface area contributed by atoms with Gasteiger partial charge in [-0.3, -0.25) is 4.79 Å². The first-order chi connectivity index (χ1) is 9.72. The zero-order valence-electron chi connectivity index (χ0n) is 10.6. The number of carbonyl (C=O) groups is 1. The molecule has 0 spiro atoms. The summed E-state index contributed by atoms with van der Waals surface area (Å²) in [4.78, 5) is 11.8. The van der Waals surface area contributed by atoms with Gasteiger partial charge < -0.3 is 10.6 Å². The lowest BCUT2D eigenvalue weighted by molar-refractivity contribution is 0.0945. The summed E-state index contributed by atoms with van der Waals surface area (Å²) in [5.74, 6) is 0.437. The molecule has 1 heterocycles. The number of aromatic nitrogens is 2. The van der Waals surface area contributed by atoms with Gasteiger partial charge in [-0.05, 0) is 53.0 Å². The Morgan fingerprint density at radius 1 is 1.15 bits per heavy atom. The van der Waals surface area contributed by atoms with E-state index >= 15 is 0 Å². The molecule has 1 aromatic heterocycles. The van der Waals surface area contributed by atoms with E-state index in [9.17, 15) is 4.79 Å². The minimum absolute atomic E-state index is 0.160. The Morgan fingerprint density at radius 2 is 1.95 bits per heavy atom. The molecule has 2 aromatic rings. The molecule has 1 aliphatic rings. The molecule has 1 aromatic carbocycles. The van der Waals surface area contributed by atoms with E-state index in [4.69, 9.17) is 0 Å². The zero-order valence-corrected chi connectivity index (χ0v) is 12.2. The number of amides is 1. The third-order valence-corrected chi connectivity index (χ3v) is 3.64. The van der Waals surface area contributed by atoms with Gasteiger partial charge in [0.1, 0.15) is 0 Å². The van der Waals surface area contributed by atoms with Gasteiger partial charge in [0.2, 0.25) is 0 Å². The molecule has 1 aliphatic carbocycles. The fourth-order valence-corrected chi connectivity index (χ4v) is 2.09. The van der Waals surface area contributed by atoms with Crippen LogP contribution in [0, 0.1) is 0 Å². The molecule has 6 heteroatoms. The number of anilines is 2. The van der Waals surface area contributed by atoms with Crippen molar-refractivity contribution in [2.24, 2.45) is 0 Å². The summed E-state index contributed by atoms with van der Waals surface area (Å²) in [6, 6.07) is 11.5. The number of para-hydroxylation sites is 1. The number of rotatable bonds is 4. The number of halogens is 1. The Balaban J connectivity index is 1.69. The molecule has 0 bridgehead atoms. The normalized spacial score (nSPS) is 13.8. The number of hydrogen-bond donors (Lipinski definition) is 2. The van der Waals surface area contributed by atoms with E-state index in [0.29, 0.717) is 17.6 Å². The van der Waals surface area contributed by atoms with Crippen molar-refractivity contribution in [3.05, 3.63) is 46.6 Å². The van der Waals surface area contributed by atoms with Crippen LogP contribution in [0.15, 0.2) is 40.9 Å². The highest BCUT2D eigenvalue weighted by Gasteiger charge is 2.24. The minimum Gasteiger partial charge on any atom is -0.348 e. The first-order valence-electron chi connectivity index (χ1n) is 6.38. The van der Waals surface area contributed by atoms with Crippen molar-refractivity contribution in [3.8, 4) is 0 Å². The third kappa shape index (κ3) is 3.14. The van der Waals surface area contributed by atoms with E-state index in [2.05, 4.69) is 36.8 Å². The average Bonchev–Trinajstić information content (AvgIpc) is 3.26. The largest absolute Gasteiger partial charge is 0.348 e. The Hall–Kier alpha value is -1.95. The number of benzene rings is 1. The monoisotopic (exact) mass is 332 g/mol. The van der Waals surface area contributed by atoms with Gasteiger partial charge >= 0.3 is 0 Å². The molecule has 0 saturated heterocycles. The van der Waals surface area contributed by atoms with E-state index in [-0.39, 0.29) is 5.91 Å². The van der Waals surface area contributed by atoms with Crippen molar-refractivity contribution in [1.82, 2.24) is 15.5 Å². The predicted molar refractivity (Wildman–Crippen MR) is 79.9 cm³/mol. The van der Waals surface area contributed by atoms with Gasteiger partial charge in [0.15, 0.2) is 11.5 Å². The highest BCUT2D eigenvalue weighted by Crippen LogP contribution is 2.24. The van der Waals surface area contributed by atoms with Crippen LogP contribution in [0.2, 0.25) is 0 Å². The van der Waals surface area contributed by atoms with Gasteiger partial charge in [-0.1, -0.05) is 12.1 Å². The Kier molecular flexibility index (Phi) is 3.64. The SMILES string of the molecule is O=C(NC1CC1)c1ccc(Nc2ccccc2Br)nn1. The molecule has 2 N–H and O–H groups in total. The molecule has 102 valence electrons. The highest BCUT2D eigenvalue weighted by atomic mass is 79.9. The molecular weight excluding hydrogens is 320 g/mol. The van der Waals surface area contributed by atoms with E-state index < -0.39 is 0 Å². The van der Waals surface area contributed by atoms with Crippen LogP contribution in [0.1, 0.15) is 23.3 Å². The van der Waals surface area contributed by atoms with Crippen LogP contribution in [0.4, 0.5) is 11.5 Å². The first kappa shape index (κ1) is 13.1. The molecule has 0 unspecified atom stereocenters. The molecule has 1 amide bonds. The second-order valence-electron chi connectivity index (χ2n) is 4.66. The van der Waals surface area contributed by atoms with Crippen molar-refractivity contribution < 1.29 is 4.79 Å². The third-order valence-electron chi connectivity index (χ3n) is 2.95. The van der Waals surface area contributed by atoms with Gasteiger partial charge in [-0.25, -0.2) is 0 Å². The average molecular weight is 333 g/mol. The molecule has 0 atom stereocenters. The van der Waals surface area contributed by atoms with Crippen molar-refractivity contribution in [1.29, 1.82) is 0 Å². The van der Waals surface area contributed by atoms with Crippen LogP contribution in [0.25, 0.3) is 0 Å². The van der Waals surface area contributed by atoms with Gasteiger partial charge in [0, 0.05) is 10.5 Å². The number of carbonyl (C=O) groups excluding carboxylic acids is 1. The molecule has 5 nitrogen and oxygen atoms in total. The highest BCUT2D eigenvalue weighted by molar-refractivity contribution is 9.10. The second kappa shape index (κ2) is 5.58. The van der Waals surface area contributed by atoms with Gasteiger partial charge in [-0.15, -0.1) is 10.2 Å². The number of nitrogens with zero attached hydrogens (tertiary/aromatic N) is 2. The number of hydrogen-bond acceptors (Lipinski definition) is 4. The zero-order chi connectivity index (χ0) is 13.9. The molecule has 1 fully saturated rings. The van der Waals surface area contributed by atoms with Crippen molar-refractivity contribution in [2.45, 2.75) is 18.9 Å². The smallest absolute Gasteiger partial charge is 0.272 e. The van der Waals surface area contributed by atoms with Crippen LogP contribution in [-0.2, 0) is 0 Å². The topological polar surface area (TPSA) is 66.9 Å². The summed E-state index contributed by atoms with van der Waals surface area (Å²) in [6.07, 6.45) is 2.11. The van der Waals surface area contributed by atoms with Crippen LogP contribution in [0.5, 0.6) is 0 Å². The molecular formula is C14H13BrN4O. The van der Waals surface area contributed by atoms with E-state index in [1.165, 1.54) is 0 Å². The Bertz CT molecular complexity index is 625. The summed E-state index contributed by atoms with van der Waals surface area (Å²) in [6.45, 7) is 0. The van der Waals surface area contributed by atoms with E-state index in [1.54, 1.807) is 12.1 Å². The molecule has 1 saturated carbocycles. The molecule has 3 rings (SSSR count). The summed E-state index contributed by atoms with van der Waals surface area (Å²) < 4.78 is 0.942. The molecule has 0 aliphatic heterocycles. The lowest BCUT2D eigenvalue weighted by Gasteiger charge is -2.07. The summed E-state index contributed by atoms with van der Waals surface area (Å²) in [5, 5.41) is 14.0. The Morgan fingerprint density at radius 3 is 2.60 bits per heavy atom. The fourth-order valence-electron chi connectivity index (χ4n) is 1.71. The fraction of sp³-hybridized carbons (Fsp3) is 0.214. The summed E-state index contributed by atoms with van der Waals surface area (Å²) >= 11 is 3.45. The predicted octanol–water partition coefficient (Wildman–Crippen LogP) is 2.87. The summed E-state index contributed by atoms with van der Waals surface area (Å²) in [7, 11) is 0. The maximum Gasteiger partial charge on any atom is 0.272 e. The van der Waals surface area contributed by atoms with Crippen LogP contribution in [-0.4, -0.2) is 22.1 Å². The molecule has 20 heavy (non-hydrogen) atoms. The lowest BCUT2D eigenvalue weighted by Crippen LogP contribution is -2.26. The van der Waals surface area contributed by atoms with Crippen molar-refractivity contribution >= 4 is 33.3 Å². The van der Waals surface area contributed by atoms with E-state index in [1.807, 2.05) is 24.3 Å². The van der Waals surface area contributed by atoms with Gasteiger partial charge in [0.05, 0.1) is 5.69 Å². The van der Waals surface area contributed by atoms with Crippen LogP contribution >= 0.6 is 15.9 Å². The maximum absolute atomic E-state index is 11.8. The van der Waals surface area contributed by atoms with Crippen LogP contribution in [0.3, 0.4) is 0 Å². The quantitative estimate of drug-likeness (QED) is 0.903. The Labute approximate surface area is 124 Å². The van der Waals surface area contributed by atoms with Crippen LogP contribution < -0.4 is 10.6 Å². The first-order valence-corrected chi connectivity index (χ1v) is 7.18. The van der Waals surface area contributed by atoms with Crippen molar-refractivity contribution in [3.63, 3.8) is 0 Å². The second-order valence-corrected chi connectivity index (χ2v) is 5.51. The van der Waals surface area contributed by atoms with Crippen molar-refractivity contribution in [2.75, 3.05) is 5.32 Å². The number of nitrogens with one attached hydrogen (secondary N) is 2.